The monoisotopic (exact) mass is 165 g/mol. The van der Waals surface area contributed by atoms with Crippen LogP contribution in [0.4, 0.5) is 5.82 Å². The van der Waals surface area contributed by atoms with Crippen LogP contribution >= 0.6 is 0 Å². The summed E-state index contributed by atoms with van der Waals surface area (Å²) in [5, 5.41) is 4.23. The third kappa shape index (κ3) is 1.09. The van der Waals surface area contributed by atoms with E-state index in [1.165, 1.54) is 25.0 Å². The van der Waals surface area contributed by atoms with Crippen LogP contribution < -0.4 is 5.73 Å². The Labute approximate surface area is 72.6 Å². The van der Waals surface area contributed by atoms with Crippen LogP contribution in [0.15, 0.2) is 6.07 Å². The lowest BCUT2D eigenvalue weighted by Crippen LogP contribution is -2.14. The van der Waals surface area contributed by atoms with E-state index in [9.17, 15) is 0 Å². The Morgan fingerprint density at radius 3 is 2.92 bits per heavy atom. The molecular weight excluding hydrogens is 150 g/mol. The number of aryl methyl sites for hydroxylation is 1. The molecule has 1 aromatic rings. The van der Waals surface area contributed by atoms with Gasteiger partial charge in [-0.3, -0.25) is 4.68 Å². The average molecular weight is 165 g/mol. The summed E-state index contributed by atoms with van der Waals surface area (Å²) in [7, 11) is 0. The Balaban J connectivity index is 2.27. The van der Waals surface area contributed by atoms with Crippen LogP contribution in [0.1, 0.15) is 37.8 Å². The van der Waals surface area contributed by atoms with Gasteiger partial charge in [-0.05, 0) is 19.8 Å². The molecule has 1 saturated carbocycles. The Kier molecular flexibility index (Phi) is 1.79. The molecule has 1 fully saturated rings. The van der Waals surface area contributed by atoms with Gasteiger partial charge in [-0.25, -0.2) is 0 Å². The Bertz CT molecular complexity index is 273. The van der Waals surface area contributed by atoms with Gasteiger partial charge in [-0.15, -0.1) is 0 Å². The zero-order valence-corrected chi connectivity index (χ0v) is 7.45. The number of aromatic nitrogens is 2. The summed E-state index contributed by atoms with van der Waals surface area (Å²) in [6.45, 7) is 3.04. The van der Waals surface area contributed by atoms with Crippen LogP contribution in [-0.2, 0) is 6.54 Å². The molecule has 1 aliphatic carbocycles. The first-order valence-corrected chi connectivity index (χ1v) is 4.64. The van der Waals surface area contributed by atoms with Crippen LogP contribution in [0.3, 0.4) is 0 Å². The number of anilines is 1. The molecule has 2 rings (SSSR count). The first kappa shape index (κ1) is 7.65. The highest BCUT2D eigenvalue weighted by atomic mass is 15.3. The Hall–Kier alpha value is -0.990. The summed E-state index contributed by atoms with van der Waals surface area (Å²) in [5.74, 6) is 1.40. The van der Waals surface area contributed by atoms with E-state index in [0.29, 0.717) is 5.82 Å². The SMILES string of the molecule is CCn1nc(N)cc1C1CCC1. The lowest BCUT2D eigenvalue weighted by atomic mass is 9.83. The van der Waals surface area contributed by atoms with Crippen molar-refractivity contribution in [3.05, 3.63) is 11.8 Å². The number of rotatable bonds is 2. The van der Waals surface area contributed by atoms with Crippen molar-refractivity contribution in [3.8, 4) is 0 Å². The largest absolute Gasteiger partial charge is 0.382 e. The molecule has 1 aliphatic rings. The van der Waals surface area contributed by atoms with Gasteiger partial charge in [0.25, 0.3) is 0 Å². The number of hydrogen-bond donors (Lipinski definition) is 1. The molecule has 0 atom stereocenters. The van der Waals surface area contributed by atoms with E-state index in [1.54, 1.807) is 0 Å². The predicted molar refractivity (Wildman–Crippen MR) is 48.9 cm³/mol. The molecule has 2 N–H and O–H groups in total. The van der Waals surface area contributed by atoms with Gasteiger partial charge >= 0.3 is 0 Å². The highest BCUT2D eigenvalue weighted by Crippen LogP contribution is 2.36. The van der Waals surface area contributed by atoms with Crippen molar-refractivity contribution in [1.29, 1.82) is 0 Å². The maximum Gasteiger partial charge on any atom is 0.145 e. The van der Waals surface area contributed by atoms with Crippen LogP contribution in [0, 0.1) is 0 Å². The van der Waals surface area contributed by atoms with Crippen molar-refractivity contribution in [3.63, 3.8) is 0 Å². The third-order valence-corrected chi connectivity index (χ3v) is 2.65. The fraction of sp³-hybridized carbons (Fsp3) is 0.667. The van der Waals surface area contributed by atoms with Gasteiger partial charge in [0.2, 0.25) is 0 Å². The second-order valence-corrected chi connectivity index (χ2v) is 3.44. The van der Waals surface area contributed by atoms with E-state index in [-0.39, 0.29) is 0 Å². The smallest absolute Gasteiger partial charge is 0.145 e. The quantitative estimate of drug-likeness (QED) is 0.725. The van der Waals surface area contributed by atoms with Gasteiger partial charge in [0.1, 0.15) is 5.82 Å². The fourth-order valence-corrected chi connectivity index (χ4v) is 1.74. The molecule has 3 nitrogen and oxygen atoms in total. The molecule has 0 unspecified atom stereocenters. The molecule has 0 radical (unpaired) electrons. The molecule has 0 bridgehead atoms. The second-order valence-electron chi connectivity index (χ2n) is 3.44. The second kappa shape index (κ2) is 2.81. The van der Waals surface area contributed by atoms with Crippen molar-refractivity contribution in [2.24, 2.45) is 0 Å². The van der Waals surface area contributed by atoms with Crippen LogP contribution in [0.5, 0.6) is 0 Å². The molecule has 0 saturated heterocycles. The Morgan fingerprint density at radius 1 is 1.67 bits per heavy atom. The first-order chi connectivity index (χ1) is 5.81. The molecule has 1 aromatic heterocycles. The lowest BCUT2D eigenvalue weighted by Gasteiger charge is -2.25. The standard InChI is InChI=1S/C9H15N3/c1-2-12-8(6-9(10)11-12)7-4-3-5-7/h6-7H,2-5H2,1H3,(H2,10,11). The zero-order chi connectivity index (χ0) is 8.55. The molecule has 0 aromatic carbocycles. The number of nitrogen functional groups attached to an aromatic ring is 1. The maximum absolute atomic E-state index is 5.64. The van der Waals surface area contributed by atoms with Gasteiger partial charge in [0.15, 0.2) is 0 Å². The van der Waals surface area contributed by atoms with Crippen LogP contribution in [0.25, 0.3) is 0 Å². The summed E-state index contributed by atoms with van der Waals surface area (Å²) < 4.78 is 2.03. The Morgan fingerprint density at radius 2 is 2.42 bits per heavy atom. The van der Waals surface area contributed by atoms with Gasteiger partial charge in [0, 0.05) is 24.2 Å². The number of nitrogens with zero attached hydrogens (tertiary/aromatic N) is 2. The number of nitrogens with two attached hydrogens (primary N) is 1. The van der Waals surface area contributed by atoms with Crippen molar-refractivity contribution < 1.29 is 0 Å². The van der Waals surface area contributed by atoms with Gasteiger partial charge in [0.05, 0.1) is 0 Å². The molecule has 12 heavy (non-hydrogen) atoms. The summed E-state index contributed by atoms with van der Waals surface area (Å²) in [4.78, 5) is 0. The van der Waals surface area contributed by atoms with Crippen molar-refractivity contribution in [2.45, 2.75) is 38.6 Å². The fourth-order valence-electron chi connectivity index (χ4n) is 1.74. The van der Waals surface area contributed by atoms with Gasteiger partial charge in [-0.1, -0.05) is 6.42 Å². The molecule has 66 valence electrons. The summed E-state index contributed by atoms with van der Waals surface area (Å²) >= 11 is 0. The highest BCUT2D eigenvalue weighted by molar-refractivity contribution is 5.31. The predicted octanol–water partition coefficient (Wildman–Crippen LogP) is 1.75. The van der Waals surface area contributed by atoms with E-state index < -0.39 is 0 Å². The van der Waals surface area contributed by atoms with Crippen LogP contribution in [-0.4, -0.2) is 9.78 Å². The van der Waals surface area contributed by atoms with Crippen molar-refractivity contribution >= 4 is 5.82 Å². The molecule has 0 spiro atoms. The normalized spacial score (nSPS) is 17.8. The molecular formula is C9H15N3. The minimum Gasteiger partial charge on any atom is -0.382 e. The van der Waals surface area contributed by atoms with Crippen molar-refractivity contribution in [1.82, 2.24) is 9.78 Å². The van der Waals surface area contributed by atoms with E-state index in [1.807, 2.05) is 10.7 Å². The van der Waals surface area contributed by atoms with Gasteiger partial charge in [-0.2, -0.15) is 5.10 Å². The molecule has 3 heteroatoms. The minimum atomic E-state index is 0.666. The average Bonchev–Trinajstić information content (AvgIpc) is 2.27. The molecule has 0 aliphatic heterocycles. The minimum absolute atomic E-state index is 0.666. The summed E-state index contributed by atoms with van der Waals surface area (Å²) in [6, 6.07) is 2.02. The van der Waals surface area contributed by atoms with E-state index in [2.05, 4.69) is 12.0 Å². The topological polar surface area (TPSA) is 43.8 Å². The summed E-state index contributed by atoms with van der Waals surface area (Å²) in [6.07, 6.45) is 3.98. The molecule has 0 amide bonds. The zero-order valence-electron chi connectivity index (χ0n) is 7.45. The first-order valence-electron chi connectivity index (χ1n) is 4.64. The third-order valence-electron chi connectivity index (χ3n) is 2.65. The van der Waals surface area contributed by atoms with E-state index >= 15 is 0 Å². The van der Waals surface area contributed by atoms with E-state index in [0.717, 1.165) is 12.5 Å². The number of hydrogen-bond acceptors (Lipinski definition) is 2. The maximum atomic E-state index is 5.64. The van der Waals surface area contributed by atoms with Crippen LogP contribution in [0.2, 0.25) is 0 Å². The van der Waals surface area contributed by atoms with Gasteiger partial charge < -0.3 is 5.73 Å². The highest BCUT2D eigenvalue weighted by Gasteiger charge is 2.23. The van der Waals surface area contributed by atoms with Crippen molar-refractivity contribution in [2.75, 3.05) is 5.73 Å². The van der Waals surface area contributed by atoms with E-state index in [4.69, 9.17) is 5.73 Å². The lowest BCUT2D eigenvalue weighted by molar-refractivity contribution is 0.390. The summed E-state index contributed by atoms with van der Waals surface area (Å²) in [5.41, 5.74) is 6.97. The molecule has 1 heterocycles.